The number of benzene rings is 3. The molecule has 3 rings (SSSR count). The molecule has 26 heavy (non-hydrogen) atoms. The summed E-state index contributed by atoms with van der Waals surface area (Å²) in [5.74, 6) is 0.684. The van der Waals surface area contributed by atoms with Crippen LogP contribution in [-0.2, 0) is 16.6 Å². The minimum Gasteiger partial charge on any atom is -0.489 e. The molecule has 6 heteroatoms. The van der Waals surface area contributed by atoms with E-state index in [0.717, 1.165) is 11.1 Å². The zero-order valence-electron chi connectivity index (χ0n) is 13.9. The molecule has 3 aromatic rings. The number of rotatable bonds is 7. The Balaban J connectivity index is 1.62. The van der Waals surface area contributed by atoms with Crippen molar-refractivity contribution in [3.8, 4) is 5.75 Å². The normalized spacial score (nSPS) is 11.4. The van der Waals surface area contributed by atoms with Crippen LogP contribution in [0.25, 0.3) is 0 Å². The summed E-state index contributed by atoms with van der Waals surface area (Å²) in [4.78, 5) is 2.37. The van der Waals surface area contributed by atoms with Gasteiger partial charge in [0.05, 0.1) is 11.1 Å². The first-order valence-electron chi connectivity index (χ1n) is 8.00. The molecule has 0 aromatic heterocycles. The second kappa shape index (κ2) is 8.31. The summed E-state index contributed by atoms with van der Waals surface area (Å²) in [6, 6.07) is 25.2. The van der Waals surface area contributed by atoms with E-state index in [4.69, 9.17) is 4.74 Å². The maximum absolute atomic E-state index is 12.1. The first-order valence-corrected chi connectivity index (χ1v) is 9.48. The van der Waals surface area contributed by atoms with Gasteiger partial charge in [0, 0.05) is 0 Å². The molecule has 0 radical (unpaired) electrons. The molecule has 5 nitrogen and oxygen atoms in total. The van der Waals surface area contributed by atoms with Crippen LogP contribution < -0.4 is 9.57 Å². The Morgan fingerprint density at radius 1 is 0.885 bits per heavy atom. The summed E-state index contributed by atoms with van der Waals surface area (Å²) in [5.41, 5.74) is 1.80. The first-order chi connectivity index (χ1) is 12.6. The predicted octanol–water partition coefficient (Wildman–Crippen LogP) is 3.58. The number of nitrogens with zero attached hydrogens (tertiary/aromatic N) is 1. The summed E-state index contributed by atoms with van der Waals surface area (Å²) in [5, 5.41) is 3.83. The highest BCUT2D eigenvalue weighted by Gasteiger charge is 2.10. The van der Waals surface area contributed by atoms with Gasteiger partial charge in [-0.05, 0) is 35.4 Å². The third-order valence-electron chi connectivity index (χ3n) is 3.55. The lowest BCUT2D eigenvalue weighted by Crippen LogP contribution is -2.18. The summed E-state index contributed by atoms with van der Waals surface area (Å²) in [6.45, 7) is 0.460. The Hall–Kier alpha value is -3.12. The molecule has 3 aromatic carbocycles. The van der Waals surface area contributed by atoms with E-state index >= 15 is 0 Å². The van der Waals surface area contributed by atoms with E-state index in [-0.39, 0.29) is 4.90 Å². The van der Waals surface area contributed by atoms with Crippen LogP contribution in [0.15, 0.2) is 94.9 Å². The van der Waals surface area contributed by atoms with Crippen LogP contribution in [0.1, 0.15) is 11.1 Å². The molecule has 0 spiro atoms. The molecule has 0 amide bonds. The molecule has 0 heterocycles. The molecule has 0 aliphatic rings. The van der Waals surface area contributed by atoms with E-state index in [1.54, 1.807) is 24.3 Å². The average molecular weight is 366 g/mol. The van der Waals surface area contributed by atoms with Gasteiger partial charge in [-0.15, -0.1) is 0 Å². The van der Waals surface area contributed by atoms with E-state index in [2.05, 4.69) is 9.93 Å². The second-order valence-corrected chi connectivity index (χ2v) is 7.17. The molecule has 0 saturated heterocycles. The van der Waals surface area contributed by atoms with Gasteiger partial charge in [0.25, 0.3) is 10.0 Å². The Bertz CT molecular complexity index is 972. The average Bonchev–Trinajstić information content (AvgIpc) is 2.68. The quantitative estimate of drug-likeness (QED) is 0.513. The Morgan fingerprint density at radius 2 is 1.58 bits per heavy atom. The standard InChI is InChI=1S/C20H18N2O3S/c23-26(24,20-12-5-2-6-13-20)22-21-15-18-10-7-11-19(14-18)25-16-17-8-3-1-4-9-17/h1-15,22H,16H2/b21-15-. The van der Waals surface area contributed by atoms with E-state index < -0.39 is 10.0 Å². The van der Waals surface area contributed by atoms with Crippen LogP contribution >= 0.6 is 0 Å². The molecular weight excluding hydrogens is 348 g/mol. The Kier molecular flexibility index (Phi) is 5.66. The van der Waals surface area contributed by atoms with Crippen molar-refractivity contribution in [2.75, 3.05) is 0 Å². The van der Waals surface area contributed by atoms with Crippen LogP contribution in [0.2, 0.25) is 0 Å². The molecule has 0 bridgehead atoms. The molecule has 0 atom stereocenters. The molecule has 1 N–H and O–H groups in total. The third-order valence-corrected chi connectivity index (χ3v) is 4.78. The van der Waals surface area contributed by atoms with Gasteiger partial charge in [0.15, 0.2) is 0 Å². The fraction of sp³-hybridized carbons (Fsp3) is 0.0500. The molecule has 0 aliphatic heterocycles. The highest BCUT2D eigenvalue weighted by Crippen LogP contribution is 2.14. The van der Waals surface area contributed by atoms with Gasteiger partial charge in [-0.25, -0.2) is 4.83 Å². The van der Waals surface area contributed by atoms with Gasteiger partial charge in [-0.3, -0.25) is 0 Å². The van der Waals surface area contributed by atoms with Crippen molar-refractivity contribution in [3.63, 3.8) is 0 Å². The molecule has 0 unspecified atom stereocenters. The zero-order valence-corrected chi connectivity index (χ0v) is 14.8. The number of hydrazone groups is 1. The molecular formula is C20H18N2O3S. The fourth-order valence-corrected chi connectivity index (χ4v) is 3.06. The van der Waals surface area contributed by atoms with Gasteiger partial charge < -0.3 is 4.74 Å². The van der Waals surface area contributed by atoms with Crippen molar-refractivity contribution in [3.05, 3.63) is 96.1 Å². The molecule has 0 aliphatic carbocycles. The largest absolute Gasteiger partial charge is 0.489 e. The third kappa shape index (κ3) is 4.94. The van der Waals surface area contributed by atoms with Crippen LogP contribution in [0.4, 0.5) is 0 Å². The predicted molar refractivity (Wildman–Crippen MR) is 102 cm³/mol. The fourth-order valence-electron chi connectivity index (χ4n) is 2.25. The van der Waals surface area contributed by atoms with Gasteiger partial charge in [0.2, 0.25) is 0 Å². The smallest absolute Gasteiger partial charge is 0.276 e. The number of nitrogens with one attached hydrogen (secondary N) is 1. The van der Waals surface area contributed by atoms with Crippen molar-refractivity contribution < 1.29 is 13.2 Å². The maximum atomic E-state index is 12.1. The number of hydrogen-bond donors (Lipinski definition) is 1. The molecule has 0 saturated carbocycles. The van der Waals surface area contributed by atoms with Crippen LogP contribution in [-0.4, -0.2) is 14.6 Å². The summed E-state index contributed by atoms with van der Waals surface area (Å²) >= 11 is 0. The van der Waals surface area contributed by atoms with Gasteiger partial charge in [-0.2, -0.15) is 13.5 Å². The van der Waals surface area contributed by atoms with Crippen molar-refractivity contribution >= 4 is 16.2 Å². The van der Waals surface area contributed by atoms with E-state index in [1.807, 2.05) is 48.5 Å². The Morgan fingerprint density at radius 3 is 2.31 bits per heavy atom. The number of hydrogen-bond acceptors (Lipinski definition) is 4. The Labute approximate surface area is 153 Å². The monoisotopic (exact) mass is 366 g/mol. The van der Waals surface area contributed by atoms with Crippen LogP contribution in [0.5, 0.6) is 5.75 Å². The SMILES string of the molecule is O=S(=O)(N/N=C\c1cccc(OCc2ccccc2)c1)c1ccccc1. The van der Waals surface area contributed by atoms with Crippen molar-refractivity contribution in [2.24, 2.45) is 5.10 Å². The second-order valence-electron chi connectivity index (χ2n) is 5.51. The minimum absolute atomic E-state index is 0.164. The summed E-state index contributed by atoms with van der Waals surface area (Å²) in [7, 11) is -3.67. The van der Waals surface area contributed by atoms with Crippen molar-refractivity contribution in [2.45, 2.75) is 11.5 Å². The van der Waals surface area contributed by atoms with E-state index in [1.165, 1.54) is 18.3 Å². The highest BCUT2D eigenvalue weighted by atomic mass is 32.2. The number of sulfonamides is 1. The lowest BCUT2D eigenvalue weighted by atomic mass is 10.2. The minimum atomic E-state index is -3.67. The van der Waals surface area contributed by atoms with Crippen LogP contribution in [0.3, 0.4) is 0 Å². The highest BCUT2D eigenvalue weighted by molar-refractivity contribution is 7.89. The maximum Gasteiger partial charge on any atom is 0.276 e. The van der Waals surface area contributed by atoms with Gasteiger partial charge >= 0.3 is 0 Å². The van der Waals surface area contributed by atoms with Gasteiger partial charge in [0.1, 0.15) is 12.4 Å². The van der Waals surface area contributed by atoms with Crippen molar-refractivity contribution in [1.82, 2.24) is 4.83 Å². The van der Waals surface area contributed by atoms with Gasteiger partial charge in [-0.1, -0.05) is 60.7 Å². The first kappa shape index (κ1) is 17.7. The van der Waals surface area contributed by atoms with E-state index in [0.29, 0.717) is 12.4 Å². The molecule has 132 valence electrons. The van der Waals surface area contributed by atoms with Crippen LogP contribution in [0, 0.1) is 0 Å². The summed E-state index contributed by atoms with van der Waals surface area (Å²) < 4.78 is 29.9. The van der Waals surface area contributed by atoms with Crippen molar-refractivity contribution in [1.29, 1.82) is 0 Å². The zero-order chi connectivity index (χ0) is 18.2. The van der Waals surface area contributed by atoms with E-state index in [9.17, 15) is 8.42 Å². The molecule has 0 fully saturated rings. The topological polar surface area (TPSA) is 67.8 Å². The lowest BCUT2D eigenvalue weighted by molar-refractivity contribution is 0.306. The summed E-state index contributed by atoms with van der Waals surface area (Å²) in [6.07, 6.45) is 1.44. The lowest BCUT2D eigenvalue weighted by Gasteiger charge is -2.07. The number of ether oxygens (including phenoxy) is 1.